The average Bonchev–Trinajstić information content (AvgIpc) is 3.36. The van der Waals surface area contributed by atoms with Crippen molar-refractivity contribution in [3.05, 3.63) is 39.7 Å². The number of allylic oxidation sites excluding steroid dienone is 1. The first-order chi connectivity index (χ1) is 20.3. The number of halogens is 5. The summed E-state index contributed by atoms with van der Waals surface area (Å²) in [5.41, 5.74) is 3.48. The number of hydrogen-bond donors (Lipinski definition) is 3. The Labute approximate surface area is 251 Å². The summed E-state index contributed by atoms with van der Waals surface area (Å²) in [6, 6.07) is 2.17. The molecule has 0 radical (unpaired) electrons. The topological polar surface area (TPSA) is 142 Å². The van der Waals surface area contributed by atoms with Gasteiger partial charge in [0.05, 0.1) is 23.1 Å². The van der Waals surface area contributed by atoms with Gasteiger partial charge < -0.3 is 25.4 Å². The van der Waals surface area contributed by atoms with Crippen LogP contribution in [0.5, 0.6) is 5.75 Å². The lowest BCUT2D eigenvalue weighted by atomic mass is 9.66. The molecule has 2 heterocycles. The molecule has 4 rings (SSSR count). The number of carbonyl (C=O) groups excluding carboxylic acids is 2. The van der Waals surface area contributed by atoms with Crippen LogP contribution in [0.4, 0.5) is 17.6 Å². The number of fused-ring (bicyclic) bond motifs is 1. The van der Waals surface area contributed by atoms with Gasteiger partial charge in [0.15, 0.2) is 0 Å². The second-order valence-electron chi connectivity index (χ2n) is 11.4. The summed E-state index contributed by atoms with van der Waals surface area (Å²) >= 11 is 6.56. The Hall–Kier alpha value is -3.26. The number of nitrogens with zero attached hydrogens (tertiary/aromatic N) is 3. The predicted octanol–water partition coefficient (Wildman–Crippen LogP) is 3.88. The molecule has 1 aromatic carbocycles. The molecule has 3 atom stereocenters. The molecule has 0 spiro atoms. The Morgan fingerprint density at radius 2 is 1.91 bits per heavy atom. The molecule has 1 saturated heterocycles. The number of hydrogen-bond acceptors (Lipinski definition) is 7. The van der Waals surface area contributed by atoms with Crippen molar-refractivity contribution >= 4 is 29.4 Å². The van der Waals surface area contributed by atoms with Crippen LogP contribution in [-0.2, 0) is 20.8 Å². The van der Waals surface area contributed by atoms with Gasteiger partial charge in [-0.15, -0.1) is 0 Å². The number of carbonyl (C=O) groups is 3. The zero-order chi connectivity index (χ0) is 31.6. The largest absolute Gasteiger partial charge is 0.487 e. The Morgan fingerprint density at radius 3 is 2.51 bits per heavy atom. The van der Waals surface area contributed by atoms with Crippen LogP contribution in [0.1, 0.15) is 62.6 Å². The van der Waals surface area contributed by atoms with Crippen molar-refractivity contribution in [2.45, 2.75) is 70.9 Å². The van der Waals surface area contributed by atoms with E-state index >= 15 is 0 Å². The number of carboxylic acid groups (broad SMARTS) is 1. The highest BCUT2D eigenvalue weighted by Gasteiger charge is 2.50. The van der Waals surface area contributed by atoms with Gasteiger partial charge >= 0.3 is 12.5 Å². The molecule has 2 fully saturated rings. The maximum atomic E-state index is 14.2. The SMILES string of the molecule is C[C@]1(C(=O)O)CCCC[C@H]1C(=O)N1CCc2c(Cl)ccc(OC/C(N)=C(\C(F)F)N(N)C(F)F)c2[C@H]1CN1CCCC1=O. The number of benzene rings is 1. The number of ether oxygens (including phenoxy) is 1. The first-order valence-electron chi connectivity index (χ1n) is 14.1. The standard InChI is InChI=1S/C28H36ClF4N5O5/c1-28(26(41)42)10-3-2-5-16(28)25(40)37-12-9-15-17(29)7-8-20(22(15)19(37)13-36-11-4-6-21(36)39)43-14-18(34)23(24(30)31)38(35)27(32)33/h7-8,16,19,24,27H,2-6,9-14,34-35H2,1H3,(H,41,42)/b23-18-/t16-,19+,28-/m0/s1. The molecule has 1 aliphatic carbocycles. The Bertz CT molecular complexity index is 1280. The monoisotopic (exact) mass is 633 g/mol. The Morgan fingerprint density at radius 1 is 1.19 bits per heavy atom. The van der Waals surface area contributed by atoms with Gasteiger partial charge in [-0.2, -0.15) is 8.78 Å². The van der Waals surface area contributed by atoms with Gasteiger partial charge in [0.25, 0.3) is 6.43 Å². The fourth-order valence-corrected chi connectivity index (χ4v) is 6.66. The van der Waals surface area contributed by atoms with E-state index in [2.05, 4.69) is 0 Å². The maximum absolute atomic E-state index is 14.2. The smallest absolute Gasteiger partial charge is 0.328 e. The zero-order valence-electron chi connectivity index (χ0n) is 23.7. The minimum atomic E-state index is -3.44. The number of carboxylic acids is 1. The summed E-state index contributed by atoms with van der Waals surface area (Å²) in [4.78, 5) is 42.4. The van der Waals surface area contributed by atoms with Crippen LogP contribution in [0.2, 0.25) is 5.02 Å². The quantitative estimate of drug-likeness (QED) is 0.153. The Kier molecular flexibility index (Phi) is 10.00. The van der Waals surface area contributed by atoms with Gasteiger partial charge in [0.2, 0.25) is 11.8 Å². The number of likely N-dealkylation sites (tertiary alicyclic amines) is 1. The molecule has 1 saturated carbocycles. The van der Waals surface area contributed by atoms with Gasteiger partial charge in [0.1, 0.15) is 18.1 Å². The predicted molar refractivity (Wildman–Crippen MR) is 148 cm³/mol. The minimum Gasteiger partial charge on any atom is -0.487 e. The normalized spacial score (nSPS) is 24.7. The molecular formula is C28H36ClF4N5O5. The third-order valence-electron chi connectivity index (χ3n) is 8.82. The van der Waals surface area contributed by atoms with Crippen LogP contribution in [0.25, 0.3) is 0 Å². The van der Waals surface area contributed by atoms with Gasteiger partial charge in [-0.25, -0.2) is 19.6 Å². The molecule has 1 aromatic rings. The van der Waals surface area contributed by atoms with Crippen LogP contribution in [0.15, 0.2) is 23.5 Å². The van der Waals surface area contributed by atoms with Crippen LogP contribution in [-0.4, -0.2) is 76.9 Å². The molecule has 15 heteroatoms. The summed E-state index contributed by atoms with van der Waals surface area (Å²) in [6.07, 6.45) is -0.0867. The second-order valence-corrected chi connectivity index (χ2v) is 11.8. The van der Waals surface area contributed by atoms with Crippen molar-refractivity contribution in [3.8, 4) is 5.75 Å². The van der Waals surface area contributed by atoms with E-state index in [-0.39, 0.29) is 37.1 Å². The number of nitrogens with two attached hydrogens (primary N) is 2. The highest BCUT2D eigenvalue weighted by atomic mass is 35.5. The molecule has 0 aromatic heterocycles. The number of rotatable bonds is 10. The molecule has 5 N–H and O–H groups in total. The second kappa shape index (κ2) is 13.2. The van der Waals surface area contributed by atoms with Crippen LogP contribution in [0.3, 0.4) is 0 Å². The molecule has 10 nitrogen and oxygen atoms in total. The van der Waals surface area contributed by atoms with E-state index in [1.165, 1.54) is 12.1 Å². The lowest BCUT2D eigenvalue weighted by Gasteiger charge is -2.45. The molecule has 238 valence electrons. The lowest BCUT2D eigenvalue weighted by Crippen LogP contribution is -2.52. The van der Waals surface area contributed by atoms with E-state index in [4.69, 9.17) is 27.9 Å². The third kappa shape index (κ3) is 6.49. The Balaban J connectivity index is 1.75. The van der Waals surface area contributed by atoms with Crippen molar-refractivity contribution in [2.24, 2.45) is 22.9 Å². The van der Waals surface area contributed by atoms with E-state index in [1.807, 2.05) is 0 Å². The van der Waals surface area contributed by atoms with Gasteiger partial charge in [0, 0.05) is 36.6 Å². The summed E-state index contributed by atoms with van der Waals surface area (Å²) in [7, 11) is 0. The maximum Gasteiger partial charge on any atom is 0.328 e. The first-order valence-corrected chi connectivity index (χ1v) is 14.5. The van der Waals surface area contributed by atoms with Crippen molar-refractivity contribution in [1.82, 2.24) is 14.8 Å². The van der Waals surface area contributed by atoms with Crippen LogP contribution < -0.4 is 16.3 Å². The molecule has 3 aliphatic rings. The molecule has 2 amide bonds. The number of hydrazine groups is 1. The zero-order valence-corrected chi connectivity index (χ0v) is 24.5. The lowest BCUT2D eigenvalue weighted by molar-refractivity contribution is -0.162. The van der Waals surface area contributed by atoms with E-state index in [9.17, 15) is 37.1 Å². The molecule has 0 unspecified atom stereocenters. The van der Waals surface area contributed by atoms with E-state index in [0.717, 1.165) is 0 Å². The number of alkyl halides is 4. The van der Waals surface area contributed by atoms with Gasteiger partial charge in [-0.05, 0) is 50.3 Å². The number of amides is 2. The molecular weight excluding hydrogens is 598 g/mol. The van der Waals surface area contributed by atoms with E-state index in [0.29, 0.717) is 61.2 Å². The van der Waals surface area contributed by atoms with Crippen molar-refractivity contribution in [1.29, 1.82) is 0 Å². The summed E-state index contributed by atoms with van der Waals surface area (Å²) < 4.78 is 59.2. The summed E-state index contributed by atoms with van der Waals surface area (Å²) in [5.74, 6) is 2.89. The number of aliphatic carboxylic acids is 1. The molecule has 43 heavy (non-hydrogen) atoms. The van der Waals surface area contributed by atoms with E-state index < -0.39 is 59.3 Å². The van der Waals surface area contributed by atoms with Crippen LogP contribution >= 0.6 is 11.6 Å². The van der Waals surface area contributed by atoms with E-state index in [1.54, 1.807) is 16.7 Å². The van der Waals surface area contributed by atoms with Gasteiger partial charge in [-0.1, -0.05) is 24.4 Å². The fraction of sp³-hybridized carbons (Fsp3) is 0.607. The molecule has 2 aliphatic heterocycles. The van der Waals surface area contributed by atoms with Crippen LogP contribution in [0, 0.1) is 11.3 Å². The minimum absolute atomic E-state index is 0.0698. The van der Waals surface area contributed by atoms with Crippen molar-refractivity contribution in [3.63, 3.8) is 0 Å². The highest BCUT2D eigenvalue weighted by Crippen LogP contribution is 2.46. The van der Waals surface area contributed by atoms with Crippen molar-refractivity contribution in [2.75, 3.05) is 26.2 Å². The fourth-order valence-electron chi connectivity index (χ4n) is 6.40. The van der Waals surface area contributed by atoms with Gasteiger partial charge in [-0.3, -0.25) is 14.4 Å². The average molecular weight is 634 g/mol. The summed E-state index contributed by atoms with van der Waals surface area (Å²) in [6.45, 7) is -1.88. The highest BCUT2D eigenvalue weighted by molar-refractivity contribution is 6.31. The molecule has 0 bridgehead atoms. The summed E-state index contributed by atoms with van der Waals surface area (Å²) in [5, 5.41) is 10.00. The first kappa shape index (κ1) is 32.6. The third-order valence-corrected chi connectivity index (χ3v) is 9.18. The van der Waals surface area contributed by atoms with Crippen molar-refractivity contribution < 1.29 is 41.8 Å².